The van der Waals surface area contributed by atoms with Crippen molar-refractivity contribution in [3.8, 4) is 0 Å². The number of Topliss-reactive ketones (excluding diaryl/α,β-unsaturated/α-hetero) is 1. The number of amides is 1. The Kier molecular flexibility index (Phi) is 6.24. The lowest BCUT2D eigenvalue weighted by atomic mass is 10.1. The van der Waals surface area contributed by atoms with Crippen molar-refractivity contribution in [3.63, 3.8) is 0 Å². The summed E-state index contributed by atoms with van der Waals surface area (Å²) in [5, 5.41) is 3.00. The quantitative estimate of drug-likeness (QED) is 0.800. The first kappa shape index (κ1) is 19.1. The van der Waals surface area contributed by atoms with E-state index in [1.165, 1.54) is 5.56 Å². The third-order valence-corrected chi connectivity index (χ3v) is 4.99. The molecule has 1 fully saturated rings. The Balaban J connectivity index is 1.42. The van der Waals surface area contributed by atoms with Gasteiger partial charge in [0.2, 0.25) is 5.91 Å². The molecule has 0 atom stereocenters. The zero-order valence-corrected chi connectivity index (χ0v) is 16.1. The summed E-state index contributed by atoms with van der Waals surface area (Å²) < 4.78 is 0. The van der Waals surface area contributed by atoms with E-state index in [9.17, 15) is 9.59 Å². The molecule has 1 aliphatic heterocycles. The van der Waals surface area contributed by atoms with Crippen molar-refractivity contribution in [1.29, 1.82) is 0 Å². The van der Waals surface area contributed by atoms with Gasteiger partial charge in [-0.15, -0.1) is 0 Å². The first-order valence-corrected chi connectivity index (χ1v) is 9.42. The number of carbonyl (C=O) groups excluding carboxylic acids is 2. The first-order valence-electron chi connectivity index (χ1n) is 9.42. The van der Waals surface area contributed by atoms with Gasteiger partial charge in [-0.2, -0.15) is 0 Å². The average molecular weight is 365 g/mol. The van der Waals surface area contributed by atoms with Crippen molar-refractivity contribution >= 4 is 17.4 Å². The summed E-state index contributed by atoms with van der Waals surface area (Å²) in [6, 6.07) is 16.0. The van der Waals surface area contributed by atoms with E-state index in [4.69, 9.17) is 0 Å². The number of benzene rings is 2. The van der Waals surface area contributed by atoms with Crippen LogP contribution in [0.1, 0.15) is 28.4 Å². The number of hydrogen-bond acceptors (Lipinski definition) is 4. The minimum absolute atomic E-state index is 0.0647. The highest BCUT2D eigenvalue weighted by Gasteiger charge is 2.19. The summed E-state index contributed by atoms with van der Waals surface area (Å²) in [5.41, 5.74) is 4.21. The van der Waals surface area contributed by atoms with Gasteiger partial charge < -0.3 is 10.2 Å². The molecule has 5 heteroatoms. The van der Waals surface area contributed by atoms with E-state index < -0.39 is 0 Å². The van der Waals surface area contributed by atoms with E-state index >= 15 is 0 Å². The van der Waals surface area contributed by atoms with Gasteiger partial charge in [0.1, 0.15) is 0 Å². The van der Waals surface area contributed by atoms with Crippen LogP contribution in [0.4, 0.5) is 5.69 Å². The number of carbonyl (C=O) groups is 2. The Labute approximate surface area is 161 Å². The fourth-order valence-electron chi connectivity index (χ4n) is 3.24. The number of nitrogens with one attached hydrogen (secondary N) is 1. The van der Waals surface area contributed by atoms with Gasteiger partial charge in [-0.05, 0) is 43.7 Å². The fourth-order valence-corrected chi connectivity index (χ4v) is 3.24. The summed E-state index contributed by atoms with van der Waals surface area (Å²) in [7, 11) is 0. The van der Waals surface area contributed by atoms with E-state index in [1.54, 1.807) is 6.92 Å². The highest BCUT2D eigenvalue weighted by Crippen LogP contribution is 2.17. The van der Waals surface area contributed by atoms with Crippen LogP contribution >= 0.6 is 0 Å². The van der Waals surface area contributed by atoms with Crippen LogP contribution < -0.4 is 10.2 Å². The molecule has 0 spiro atoms. The number of piperazine rings is 1. The number of anilines is 1. The Morgan fingerprint density at radius 2 is 1.56 bits per heavy atom. The highest BCUT2D eigenvalue weighted by atomic mass is 16.2. The summed E-state index contributed by atoms with van der Waals surface area (Å²) in [5.74, 6) is 0.151. The van der Waals surface area contributed by atoms with Crippen LogP contribution in [0.5, 0.6) is 0 Å². The van der Waals surface area contributed by atoms with E-state index in [1.807, 2.05) is 36.4 Å². The highest BCUT2D eigenvalue weighted by molar-refractivity contribution is 5.94. The van der Waals surface area contributed by atoms with Gasteiger partial charge in [0.15, 0.2) is 5.78 Å². The maximum Gasteiger partial charge on any atom is 0.234 e. The molecular weight excluding hydrogens is 338 g/mol. The van der Waals surface area contributed by atoms with Crippen molar-refractivity contribution in [1.82, 2.24) is 10.2 Å². The lowest BCUT2D eigenvalue weighted by molar-refractivity contribution is -0.122. The molecule has 2 aromatic carbocycles. The first-order chi connectivity index (χ1) is 13.0. The number of hydrogen-bond donors (Lipinski definition) is 1. The Bertz CT molecular complexity index is 776. The second kappa shape index (κ2) is 8.82. The van der Waals surface area contributed by atoms with E-state index in [-0.39, 0.29) is 11.7 Å². The molecule has 0 unspecified atom stereocenters. The predicted octanol–water partition coefficient (Wildman–Crippen LogP) is 2.64. The number of ketones is 1. The van der Waals surface area contributed by atoms with Gasteiger partial charge in [-0.3, -0.25) is 14.5 Å². The zero-order chi connectivity index (χ0) is 19.2. The smallest absolute Gasteiger partial charge is 0.234 e. The number of rotatable bonds is 6. The second-order valence-corrected chi connectivity index (χ2v) is 7.13. The molecule has 1 saturated heterocycles. The summed E-state index contributed by atoms with van der Waals surface area (Å²) >= 11 is 0. The Hall–Kier alpha value is -2.66. The molecule has 1 aliphatic rings. The lowest BCUT2D eigenvalue weighted by Crippen LogP contribution is -2.49. The summed E-state index contributed by atoms with van der Waals surface area (Å²) in [6.07, 6.45) is 0. The standard InChI is InChI=1S/C22H27N3O2/c1-17-3-5-19(6-4-17)15-23-22(27)16-24-11-13-25(14-12-24)21-9-7-20(8-10-21)18(2)26/h3-10H,11-16H2,1-2H3,(H,23,27). The predicted molar refractivity (Wildman–Crippen MR) is 108 cm³/mol. The molecule has 1 N–H and O–H groups in total. The molecule has 142 valence electrons. The fraction of sp³-hybridized carbons (Fsp3) is 0.364. The van der Waals surface area contributed by atoms with Crippen molar-refractivity contribution < 1.29 is 9.59 Å². The summed E-state index contributed by atoms with van der Waals surface area (Å²) in [4.78, 5) is 28.1. The largest absolute Gasteiger partial charge is 0.369 e. The van der Waals surface area contributed by atoms with Crippen LogP contribution in [-0.2, 0) is 11.3 Å². The summed E-state index contributed by atoms with van der Waals surface area (Å²) in [6.45, 7) is 8.11. The van der Waals surface area contributed by atoms with E-state index in [0.29, 0.717) is 13.1 Å². The van der Waals surface area contributed by atoms with E-state index in [0.717, 1.165) is 43.0 Å². The van der Waals surface area contributed by atoms with Crippen LogP contribution in [0.25, 0.3) is 0 Å². The molecule has 3 rings (SSSR count). The van der Waals surface area contributed by atoms with Gasteiger partial charge in [0.05, 0.1) is 6.54 Å². The third kappa shape index (κ3) is 5.41. The van der Waals surface area contributed by atoms with Gasteiger partial charge in [-0.25, -0.2) is 0 Å². The molecule has 0 aliphatic carbocycles. The Morgan fingerprint density at radius 3 is 2.15 bits per heavy atom. The Morgan fingerprint density at radius 1 is 0.926 bits per heavy atom. The molecule has 0 bridgehead atoms. The van der Waals surface area contributed by atoms with E-state index in [2.05, 4.69) is 34.2 Å². The third-order valence-electron chi connectivity index (χ3n) is 4.99. The molecule has 2 aromatic rings. The van der Waals surface area contributed by atoms with Crippen molar-refractivity contribution in [3.05, 3.63) is 65.2 Å². The van der Waals surface area contributed by atoms with Gasteiger partial charge in [0.25, 0.3) is 0 Å². The van der Waals surface area contributed by atoms with Crippen molar-refractivity contribution in [2.75, 3.05) is 37.6 Å². The monoisotopic (exact) mass is 365 g/mol. The van der Waals surface area contributed by atoms with Crippen LogP contribution in [0.3, 0.4) is 0 Å². The lowest BCUT2D eigenvalue weighted by Gasteiger charge is -2.35. The molecule has 0 radical (unpaired) electrons. The topological polar surface area (TPSA) is 52.7 Å². The van der Waals surface area contributed by atoms with Crippen LogP contribution in [-0.4, -0.2) is 49.3 Å². The molecule has 27 heavy (non-hydrogen) atoms. The van der Waals surface area contributed by atoms with Gasteiger partial charge in [0, 0.05) is 44.0 Å². The molecule has 0 saturated carbocycles. The maximum absolute atomic E-state index is 12.2. The van der Waals surface area contributed by atoms with Gasteiger partial charge in [-0.1, -0.05) is 29.8 Å². The molecule has 5 nitrogen and oxygen atoms in total. The normalized spacial score (nSPS) is 14.8. The van der Waals surface area contributed by atoms with Crippen LogP contribution in [0, 0.1) is 6.92 Å². The SMILES string of the molecule is CC(=O)c1ccc(N2CCN(CC(=O)NCc3ccc(C)cc3)CC2)cc1. The van der Waals surface area contributed by atoms with Crippen LogP contribution in [0.15, 0.2) is 48.5 Å². The zero-order valence-electron chi connectivity index (χ0n) is 16.1. The maximum atomic E-state index is 12.2. The van der Waals surface area contributed by atoms with Crippen LogP contribution in [0.2, 0.25) is 0 Å². The van der Waals surface area contributed by atoms with Gasteiger partial charge >= 0.3 is 0 Å². The minimum atomic E-state index is 0.0647. The minimum Gasteiger partial charge on any atom is -0.369 e. The number of nitrogens with zero attached hydrogens (tertiary/aromatic N) is 2. The average Bonchev–Trinajstić information content (AvgIpc) is 2.68. The van der Waals surface area contributed by atoms with Crippen molar-refractivity contribution in [2.24, 2.45) is 0 Å². The van der Waals surface area contributed by atoms with Crippen molar-refractivity contribution in [2.45, 2.75) is 20.4 Å². The molecule has 1 heterocycles. The molecular formula is C22H27N3O2. The number of aryl methyl sites for hydroxylation is 1. The molecule has 1 amide bonds. The molecule has 0 aromatic heterocycles. The second-order valence-electron chi connectivity index (χ2n) is 7.13.